The molecular formula is C14H26F3NO. The van der Waals surface area contributed by atoms with Crippen LogP contribution in [0.4, 0.5) is 13.2 Å². The smallest absolute Gasteiger partial charge is 0.393 e. The van der Waals surface area contributed by atoms with Gasteiger partial charge >= 0.3 is 6.18 Å². The average Bonchev–Trinajstić information content (AvgIpc) is 2.40. The standard InChI is InChI=1S/C14H26F3NO/c1-3-13(4-2,10-19)9-18-12-8-6-5-7-11(12)14(15,16)17/h11-12,18-19H,3-10H2,1-2H3. The topological polar surface area (TPSA) is 32.3 Å². The van der Waals surface area contributed by atoms with Gasteiger partial charge in [0.05, 0.1) is 5.92 Å². The van der Waals surface area contributed by atoms with Gasteiger partial charge in [0, 0.05) is 24.6 Å². The molecule has 0 aliphatic heterocycles. The number of alkyl halides is 3. The third kappa shape index (κ3) is 4.35. The first kappa shape index (κ1) is 16.8. The molecule has 1 fully saturated rings. The lowest BCUT2D eigenvalue weighted by Crippen LogP contribution is -2.49. The maximum Gasteiger partial charge on any atom is 0.393 e. The molecule has 0 heterocycles. The van der Waals surface area contributed by atoms with Crippen molar-refractivity contribution in [1.29, 1.82) is 0 Å². The van der Waals surface area contributed by atoms with Crippen molar-refractivity contribution in [3.63, 3.8) is 0 Å². The van der Waals surface area contributed by atoms with Gasteiger partial charge in [0.15, 0.2) is 0 Å². The Bertz CT molecular complexity index is 256. The molecule has 1 rings (SSSR count). The molecule has 0 aromatic heterocycles. The Balaban J connectivity index is 2.63. The third-order valence-electron chi connectivity index (χ3n) is 4.76. The molecule has 19 heavy (non-hydrogen) atoms. The first-order valence-electron chi connectivity index (χ1n) is 7.29. The molecule has 0 radical (unpaired) electrons. The third-order valence-corrected chi connectivity index (χ3v) is 4.76. The second-order valence-corrected chi connectivity index (χ2v) is 5.79. The van der Waals surface area contributed by atoms with Crippen molar-refractivity contribution in [3.8, 4) is 0 Å². The summed E-state index contributed by atoms with van der Waals surface area (Å²) in [6.07, 6.45) is -0.237. The summed E-state index contributed by atoms with van der Waals surface area (Å²) in [5, 5.41) is 12.6. The molecule has 0 bridgehead atoms. The van der Waals surface area contributed by atoms with Crippen molar-refractivity contribution in [2.75, 3.05) is 13.2 Å². The maximum absolute atomic E-state index is 13.0. The molecule has 2 nitrogen and oxygen atoms in total. The summed E-state index contributed by atoms with van der Waals surface area (Å²) in [5.74, 6) is -1.23. The Morgan fingerprint density at radius 3 is 2.16 bits per heavy atom. The lowest BCUT2D eigenvalue weighted by Gasteiger charge is -2.37. The van der Waals surface area contributed by atoms with Crippen LogP contribution in [-0.4, -0.2) is 30.5 Å². The van der Waals surface area contributed by atoms with Crippen molar-refractivity contribution in [1.82, 2.24) is 5.32 Å². The zero-order chi connectivity index (χ0) is 14.5. The fourth-order valence-electron chi connectivity index (χ4n) is 2.89. The molecule has 1 aliphatic carbocycles. The van der Waals surface area contributed by atoms with Gasteiger partial charge in [-0.1, -0.05) is 26.7 Å². The molecular weight excluding hydrogens is 255 g/mol. The summed E-state index contributed by atoms with van der Waals surface area (Å²) in [7, 11) is 0. The normalized spacial score (nSPS) is 25.6. The van der Waals surface area contributed by atoms with Gasteiger partial charge in [-0.3, -0.25) is 0 Å². The first-order valence-corrected chi connectivity index (χ1v) is 7.29. The van der Waals surface area contributed by atoms with E-state index in [9.17, 15) is 18.3 Å². The Labute approximate surface area is 113 Å². The monoisotopic (exact) mass is 281 g/mol. The molecule has 0 spiro atoms. The van der Waals surface area contributed by atoms with Crippen LogP contribution in [-0.2, 0) is 0 Å². The zero-order valence-electron chi connectivity index (χ0n) is 11.9. The van der Waals surface area contributed by atoms with E-state index in [0.29, 0.717) is 19.4 Å². The number of nitrogens with one attached hydrogen (secondary N) is 1. The molecule has 114 valence electrons. The van der Waals surface area contributed by atoms with E-state index in [-0.39, 0.29) is 18.4 Å². The number of halogens is 3. The average molecular weight is 281 g/mol. The van der Waals surface area contributed by atoms with Crippen LogP contribution >= 0.6 is 0 Å². The summed E-state index contributed by atoms with van der Waals surface area (Å²) in [5.41, 5.74) is -0.284. The second-order valence-electron chi connectivity index (χ2n) is 5.79. The Kier molecular flexibility index (Phi) is 6.12. The lowest BCUT2D eigenvalue weighted by atomic mass is 9.80. The predicted molar refractivity (Wildman–Crippen MR) is 69.9 cm³/mol. The van der Waals surface area contributed by atoms with E-state index in [1.807, 2.05) is 13.8 Å². The van der Waals surface area contributed by atoms with Crippen molar-refractivity contribution in [2.45, 2.75) is 64.6 Å². The Morgan fingerprint density at radius 1 is 1.11 bits per heavy atom. The highest BCUT2D eigenvalue weighted by atomic mass is 19.4. The van der Waals surface area contributed by atoms with Crippen molar-refractivity contribution in [3.05, 3.63) is 0 Å². The number of hydrogen-bond acceptors (Lipinski definition) is 2. The lowest BCUT2D eigenvalue weighted by molar-refractivity contribution is -0.189. The van der Waals surface area contributed by atoms with Crippen LogP contribution in [0.25, 0.3) is 0 Å². The van der Waals surface area contributed by atoms with Gasteiger partial charge < -0.3 is 10.4 Å². The first-order chi connectivity index (χ1) is 8.88. The minimum absolute atomic E-state index is 0.0242. The molecule has 0 aromatic carbocycles. The highest BCUT2D eigenvalue weighted by molar-refractivity contribution is 4.88. The highest BCUT2D eigenvalue weighted by Gasteiger charge is 2.45. The van der Waals surface area contributed by atoms with Crippen molar-refractivity contribution < 1.29 is 18.3 Å². The largest absolute Gasteiger partial charge is 0.396 e. The van der Waals surface area contributed by atoms with E-state index in [1.54, 1.807) is 0 Å². The number of hydrogen-bond donors (Lipinski definition) is 2. The second kappa shape index (κ2) is 6.93. The molecule has 2 atom stereocenters. The van der Waals surface area contributed by atoms with Crippen LogP contribution in [0.15, 0.2) is 0 Å². The van der Waals surface area contributed by atoms with Crippen LogP contribution in [0.1, 0.15) is 52.4 Å². The highest BCUT2D eigenvalue weighted by Crippen LogP contribution is 2.38. The van der Waals surface area contributed by atoms with Crippen LogP contribution in [0.2, 0.25) is 0 Å². The fraction of sp³-hybridized carbons (Fsp3) is 1.00. The summed E-state index contributed by atoms with van der Waals surface area (Å²) < 4.78 is 38.9. The molecule has 5 heteroatoms. The van der Waals surface area contributed by atoms with Crippen LogP contribution in [0.5, 0.6) is 0 Å². The van der Waals surface area contributed by atoms with Gasteiger partial charge in [-0.2, -0.15) is 13.2 Å². The number of aliphatic hydroxyl groups is 1. The van der Waals surface area contributed by atoms with E-state index < -0.39 is 18.1 Å². The summed E-state index contributed by atoms with van der Waals surface area (Å²) in [6, 6.07) is -0.488. The minimum Gasteiger partial charge on any atom is -0.396 e. The molecule has 1 aliphatic rings. The van der Waals surface area contributed by atoms with E-state index in [2.05, 4.69) is 5.32 Å². The van der Waals surface area contributed by atoms with E-state index in [4.69, 9.17) is 0 Å². The Hall–Kier alpha value is -0.290. The molecule has 2 N–H and O–H groups in total. The van der Waals surface area contributed by atoms with Gasteiger partial charge in [-0.25, -0.2) is 0 Å². The minimum atomic E-state index is -4.11. The SMILES string of the molecule is CCC(CC)(CO)CNC1CCCCC1C(F)(F)F. The van der Waals surface area contributed by atoms with E-state index in [0.717, 1.165) is 19.3 Å². The zero-order valence-corrected chi connectivity index (χ0v) is 11.9. The summed E-state index contributed by atoms with van der Waals surface area (Å²) in [4.78, 5) is 0. The van der Waals surface area contributed by atoms with Crippen LogP contribution < -0.4 is 5.32 Å². The maximum atomic E-state index is 13.0. The van der Waals surface area contributed by atoms with Gasteiger partial charge in [0.25, 0.3) is 0 Å². The molecule has 0 saturated heterocycles. The molecule has 0 amide bonds. The fourth-order valence-corrected chi connectivity index (χ4v) is 2.89. The van der Waals surface area contributed by atoms with Gasteiger partial charge in [-0.05, 0) is 25.7 Å². The van der Waals surface area contributed by atoms with E-state index in [1.165, 1.54) is 0 Å². The molecule has 0 aromatic rings. The van der Waals surface area contributed by atoms with Crippen LogP contribution in [0, 0.1) is 11.3 Å². The molecule has 1 saturated carbocycles. The summed E-state index contributed by atoms with van der Waals surface area (Å²) >= 11 is 0. The predicted octanol–water partition coefficient (Wildman–Crippen LogP) is 3.50. The quantitative estimate of drug-likeness (QED) is 0.781. The number of aliphatic hydroxyl groups excluding tert-OH is 1. The van der Waals surface area contributed by atoms with Crippen LogP contribution in [0.3, 0.4) is 0 Å². The van der Waals surface area contributed by atoms with E-state index >= 15 is 0 Å². The summed E-state index contributed by atoms with van der Waals surface area (Å²) in [6.45, 7) is 4.44. The molecule has 2 unspecified atom stereocenters. The van der Waals surface area contributed by atoms with Gasteiger partial charge in [-0.15, -0.1) is 0 Å². The van der Waals surface area contributed by atoms with Gasteiger partial charge in [0.1, 0.15) is 0 Å². The van der Waals surface area contributed by atoms with Gasteiger partial charge in [0.2, 0.25) is 0 Å². The Morgan fingerprint density at radius 2 is 1.68 bits per heavy atom. The number of rotatable bonds is 6. The van der Waals surface area contributed by atoms with Crippen molar-refractivity contribution >= 4 is 0 Å². The van der Waals surface area contributed by atoms with Crippen molar-refractivity contribution in [2.24, 2.45) is 11.3 Å².